The van der Waals surface area contributed by atoms with E-state index in [4.69, 9.17) is 11.8 Å². The van der Waals surface area contributed by atoms with Gasteiger partial charge >= 0.3 is 0 Å². The second kappa shape index (κ2) is 6.16. The van der Waals surface area contributed by atoms with Crippen molar-refractivity contribution in [1.82, 2.24) is 13.7 Å². The van der Waals surface area contributed by atoms with E-state index < -0.39 is 6.04 Å². The summed E-state index contributed by atoms with van der Waals surface area (Å²) < 4.78 is 7.60. The van der Waals surface area contributed by atoms with E-state index in [1.54, 1.807) is 0 Å². The molecule has 6 aromatic carbocycles. The van der Waals surface area contributed by atoms with Gasteiger partial charge in [0.1, 0.15) is 0 Å². The minimum Gasteiger partial charge on any atom is -0.308 e. The maximum absolute atomic E-state index is 7.27. The molecule has 9 aromatic rings. The van der Waals surface area contributed by atoms with Gasteiger partial charge in [-0.25, -0.2) is 0 Å². The predicted molar refractivity (Wildman–Crippen MR) is 176 cm³/mol. The van der Waals surface area contributed by atoms with Crippen LogP contribution in [0.25, 0.3) is 82.5 Å². The van der Waals surface area contributed by atoms with Crippen molar-refractivity contribution in [2.45, 2.75) is 0 Å². The normalized spacial score (nSPS) is 15.1. The Morgan fingerprint density at radius 3 is 1.02 bits per heavy atom. The number of hydrogen-bond acceptors (Lipinski definition) is 1. The highest BCUT2D eigenvalue weighted by atomic mass is 32.4. The third kappa shape index (κ3) is 1.86. The van der Waals surface area contributed by atoms with Crippen molar-refractivity contribution in [2.75, 3.05) is 0 Å². The maximum atomic E-state index is 7.27. The Balaban J connectivity index is 1.51. The van der Waals surface area contributed by atoms with E-state index in [1.807, 2.05) is 0 Å². The zero-order chi connectivity index (χ0) is 26.4. The van der Waals surface area contributed by atoms with Crippen molar-refractivity contribution in [3.63, 3.8) is 0 Å². The topological polar surface area (TPSA) is 14.8 Å². The van der Waals surface area contributed by atoms with Gasteiger partial charge in [-0.15, -0.1) is 0 Å². The first-order valence-corrected chi connectivity index (χ1v) is 16.9. The number of nitrogens with zero attached hydrogens (tertiary/aromatic N) is 3. The zero-order valence-corrected chi connectivity index (χ0v) is 23.3. The summed E-state index contributed by atoms with van der Waals surface area (Å²) in [4.78, 5) is 0. The summed E-state index contributed by atoms with van der Waals surface area (Å²) in [6, 6.07) is 38.3. The van der Waals surface area contributed by atoms with Crippen LogP contribution in [0.2, 0.25) is 0 Å². The molecule has 5 heteroatoms. The van der Waals surface area contributed by atoms with Crippen LogP contribution >= 0.6 is 6.04 Å². The number of para-hydroxylation sites is 3. The molecule has 6 heterocycles. The summed E-state index contributed by atoms with van der Waals surface area (Å²) in [7, 11) is 0. The van der Waals surface area contributed by atoms with E-state index in [1.165, 1.54) is 98.4 Å². The lowest BCUT2D eigenvalue weighted by molar-refractivity contribution is 1.14. The first-order chi connectivity index (χ1) is 20.3. The van der Waals surface area contributed by atoms with Gasteiger partial charge in [0.2, 0.25) is 0 Å². The Labute approximate surface area is 238 Å². The quantitative estimate of drug-likeness (QED) is 0.175. The van der Waals surface area contributed by atoms with Crippen molar-refractivity contribution in [3.05, 3.63) is 109 Å². The highest BCUT2D eigenvalue weighted by molar-refractivity contribution is 8.26. The van der Waals surface area contributed by atoms with Crippen LogP contribution < -0.4 is 15.9 Å². The summed E-state index contributed by atoms with van der Waals surface area (Å²) in [5.41, 5.74) is 11.4. The second-order valence-electron chi connectivity index (χ2n) is 11.7. The SMILES string of the molecule is S=P12c3c4ccc5c6ccccc6n(c35)-c3ccc5c6ccccc6n(c5c31)-c1ccc3c5ccccc5n-4c3c12. The smallest absolute Gasteiger partial charge is 0.0653 e. The first kappa shape index (κ1) is 20.3. The number of benzene rings is 6. The fraction of sp³-hybridized carbons (Fsp3) is 0. The van der Waals surface area contributed by atoms with Crippen LogP contribution in [-0.4, -0.2) is 13.7 Å². The molecule has 188 valence electrons. The lowest BCUT2D eigenvalue weighted by Gasteiger charge is -2.41. The zero-order valence-electron chi connectivity index (χ0n) is 21.6. The molecule has 0 bridgehead atoms. The monoisotopic (exact) mass is 555 g/mol. The van der Waals surface area contributed by atoms with E-state index in [2.05, 4.69) is 123 Å². The highest BCUT2D eigenvalue weighted by Crippen LogP contribution is 2.61. The molecule has 0 radical (unpaired) electrons. The lowest BCUT2D eigenvalue weighted by Crippen LogP contribution is -2.42. The van der Waals surface area contributed by atoms with Crippen LogP contribution in [-0.2, 0) is 11.8 Å². The Bertz CT molecular complexity index is 2530. The van der Waals surface area contributed by atoms with E-state index in [9.17, 15) is 0 Å². The minimum absolute atomic E-state index is 1.25. The predicted octanol–water partition coefficient (Wildman–Crippen LogP) is 7.67. The summed E-state index contributed by atoms with van der Waals surface area (Å²) in [6.45, 7) is 0. The van der Waals surface area contributed by atoms with Crippen LogP contribution in [0.4, 0.5) is 0 Å². The number of hydrogen-bond donors (Lipinski definition) is 0. The number of fused-ring (bicyclic) bond motifs is 12. The second-order valence-corrected chi connectivity index (χ2v) is 15.9. The molecule has 3 nitrogen and oxygen atoms in total. The lowest BCUT2D eigenvalue weighted by atomic mass is 10.1. The van der Waals surface area contributed by atoms with E-state index >= 15 is 0 Å². The van der Waals surface area contributed by atoms with Crippen molar-refractivity contribution in [2.24, 2.45) is 0 Å². The molecule has 0 unspecified atom stereocenters. The van der Waals surface area contributed by atoms with Crippen LogP contribution in [0.15, 0.2) is 109 Å². The van der Waals surface area contributed by atoms with Crippen molar-refractivity contribution >= 4 is 99.2 Å². The van der Waals surface area contributed by atoms with Gasteiger partial charge in [-0.05, 0) is 36.4 Å². The van der Waals surface area contributed by atoms with Crippen LogP contribution in [0.3, 0.4) is 0 Å². The summed E-state index contributed by atoms with van der Waals surface area (Å²) >= 11 is 7.27. The Hall–Kier alpha value is -4.63. The molecule has 0 saturated carbocycles. The van der Waals surface area contributed by atoms with Crippen molar-refractivity contribution in [1.29, 1.82) is 0 Å². The van der Waals surface area contributed by atoms with Gasteiger partial charge in [0, 0.05) is 48.2 Å². The van der Waals surface area contributed by atoms with Gasteiger partial charge in [0.05, 0.1) is 56.2 Å². The fourth-order valence-corrected chi connectivity index (χ4v) is 14.0. The van der Waals surface area contributed by atoms with Gasteiger partial charge in [0.25, 0.3) is 0 Å². The third-order valence-electron chi connectivity index (χ3n) is 10.0. The summed E-state index contributed by atoms with van der Waals surface area (Å²) in [6.07, 6.45) is 0. The molecule has 41 heavy (non-hydrogen) atoms. The van der Waals surface area contributed by atoms with Crippen LogP contribution in [0.1, 0.15) is 0 Å². The molecule has 0 amide bonds. The molecular weight excluding hydrogens is 537 g/mol. The Morgan fingerprint density at radius 1 is 0.366 bits per heavy atom. The molecule has 3 aromatic heterocycles. The van der Waals surface area contributed by atoms with Crippen LogP contribution in [0, 0.1) is 0 Å². The average molecular weight is 556 g/mol. The minimum atomic E-state index is -2.43. The molecule has 12 rings (SSSR count). The molecule has 3 aliphatic heterocycles. The first-order valence-electron chi connectivity index (χ1n) is 14.1. The van der Waals surface area contributed by atoms with E-state index in [-0.39, 0.29) is 0 Å². The van der Waals surface area contributed by atoms with Gasteiger partial charge in [-0.2, -0.15) is 0 Å². The van der Waals surface area contributed by atoms with Gasteiger partial charge in [-0.3, -0.25) is 0 Å². The molecule has 3 aliphatic rings. The molecular formula is C36H18N3PS. The Morgan fingerprint density at radius 2 is 0.683 bits per heavy atom. The standard InChI is InChI=1S/C36H18N3PS/c41-40-34-29-16-13-22-19-7-1-4-10-25(19)37(31(22)34)28-17-14-23-20-8-3-6-12-27(20)39(32(23)35(28)40)30-18-15-24-21-9-2-5-11-26(21)38(29)33(24)36(30)40/h1-18H. The summed E-state index contributed by atoms with van der Waals surface area (Å²) in [5.74, 6) is 0. The maximum Gasteiger partial charge on any atom is 0.0653 e. The van der Waals surface area contributed by atoms with E-state index in [0.29, 0.717) is 0 Å². The highest BCUT2D eigenvalue weighted by Gasteiger charge is 2.48. The average Bonchev–Trinajstić information content (AvgIpc) is 3.65. The molecule has 0 atom stereocenters. The van der Waals surface area contributed by atoms with Crippen molar-refractivity contribution in [3.8, 4) is 17.1 Å². The van der Waals surface area contributed by atoms with E-state index in [0.717, 1.165) is 0 Å². The number of rotatable bonds is 0. The molecule has 0 spiro atoms. The molecule has 0 N–H and O–H groups in total. The van der Waals surface area contributed by atoms with Gasteiger partial charge in [-0.1, -0.05) is 84.6 Å². The molecule has 0 fully saturated rings. The van der Waals surface area contributed by atoms with Crippen LogP contribution in [0.5, 0.6) is 0 Å². The third-order valence-corrected chi connectivity index (χ3v) is 14.9. The van der Waals surface area contributed by atoms with Gasteiger partial charge in [0.15, 0.2) is 0 Å². The Kier molecular flexibility index (Phi) is 3.05. The summed E-state index contributed by atoms with van der Waals surface area (Å²) in [5, 5.41) is 11.9. The number of aromatic nitrogens is 3. The largest absolute Gasteiger partial charge is 0.308 e. The van der Waals surface area contributed by atoms with Crippen molar-refractivity contribution < 1.29 is 0 Å². The fourth-order valence-electron chi connectivity index (χ4n) is 8.65. The molecule has 0 saturated heterocycles. The molecule has 0 aliphatic carbocycles. The van der Waals surface area contributed by atoms with Gasteiger partial charge < -0.3 is 13.7 Å².